The van der Waals surface area contributed by atoms with Crippen molar-refractivity contribution in [1.29, 1.82) is 0 Å². The van der Waals surface area contributed by atoms with E-state index in [1.54, 1.807) is 18.2 Å². The standard InChI is InChI=1S/C24H26F3N7O3S/c25-24(26,27)10-15-38(35,36)33-17-18(16-28-33)21-4-3-5-22-30-23(31-34(21)22)29-19-6-8-20(9-7-19)37-14-13-32-11-1-2-12-32/h3-9,16-17H,1-2,10-15H2,(H,29,31). The molecule has 0 unspecified atom stereocenters. The summed E-state index contributed by atoms with van der Waals surface area (Å²) in [5.41, 5.74) is 2.07. The summed E-state index contributed by atoms with van der Waals surface area (Å²) in [6, 6.07) is 12.6. The van der Waals surface area contributed by atoms with Crippen molar-refractivity contribution in [3.63, 3.8) is 0 Å². The lowest BCUT2D eigenvalue weighted by Gasteiger charge is -2.15. The molecule has 0 radical (unpaired) electrons. The number of halogens is 3. The summed E-state index contributed by atoms with van der Waals surface area (Å²) in [5.74, 6) is -0.0193. The zero-order valence-corrected chi connectivity index (χ0v) is 21.1. The van der Waals surface area contributed by atoms with Gasteiger partial charge in [0, 0.05) is 17.8 Å². The van der Waals surface area contributed by atoms with Gasteiger partial charge < -0.3 is 10.1 Å². The van der Waals surface area contributed by atoms with Crippen LogP contribution in [0.2, 0.25) is 0 Å². The number of rotatable bonds is 10. The first-order chi connectivity index (χ1) is 18.2. The number of likely N-dealkylation sites (tertiary alicyclic amines) is 1. The highest BCUT2D eigenvalue weighted by Crippen LogP contribution is 2.24. The maximum Gasteiger partial charge on any atom is 0.390 e. The first-order valence-electron chi connectivity index (χ1n) is 12.1. The van der Waals surface area contributed by atoms with Gasteiger partial charge in [0.2, 0.25) is 5.95 Å². The predicted molar refractivity (Wildman–Crippen MR) is 135 cm³/mol. The van der Waals surface area contributed by atoms with Gasteiger partial charge in [0.1, 0.15) is 12.4 Å². The van der Waals surface area contributed by atoms with E-state index in [0.717, 1.165) is 37.3 Å². The number of pyridine rings is 1. The lowest BCUT2D eigenvalue weighted by atomic mass is 10.2. The second kappa shape index (κ2) is 10.6. The summed E-state index contributed by atoms with van der Waals surface area (Å²) >= 11 is 0. The van der Waals surface area contributed by atoms with Crippen LogP contribution in [0.4, 0.5) is 24.8 Å². The van der Waals surface area contributed by atoms with Gasteiger partial charge in [0.25, 0.3) is 10.0 Å². The molecule has 10 nitrogen and oxygen atoms in total. The number of alkyl halides is 3. The van der Waals surface area contributed by atoms with E-state index in [9.17, 15) is 21.6 Å². The lowest BCUT2D eigenvalue weighted by molar-refractivity contribution is -0.130. The molecule has 0 saturated carbocycles. The third-order valence-corrected chi connectivity index (χ3v) is 7.62. The van der Waals surface area contributed by atoms with Gasteiger partial charge in [-0.05, 0) is 62.3 Å². The summed E-state index contributed by atoms with van der Waals surface area (Å²) < 4.78 is 70.0. The van der Waals surface area contributed by atoms with E-state index >= 15 is 0 Å². The minimum atomic E-state index is -4.58. The molecule has 1 aliphatic heterocycles. The number of hydrogen-bond donors (Lipinski definition) is 1. The fraction of sp³-hybridized carbons (Fsp3) is 0.375. The second-order valence-electron chi connectivity index (χ2n) is 8.95. The molecule has 0 bridgehead atoms. The van der Waals surface area contributed by atoms with Crippen LogP contribution in [0.3, 0.4) is 0 Å². The Kier molecular flexibility index (Phi) is 7.25. The largest absolute Gasteiger partial charge is 0.492 e. The minimum absolute atomic E-state index is 0.311. The van der Waals surface area contributed by atoms with Crippen LogP contribution in [-0.2, 0) is 10.0 Å². The van der Waals surface area contributed by atoms with Crippen molar-refractivity contribution in [2.24, 2.45) is 0 Å². The highest BCUT2D eigenvalue weighted by molar-refractivity contribution is 7.89. The highest BCUT2D eigenvalue weighted by atomic mass is 32.2. The number of ether oxygens (including phenoxy) is 1. The molecule has 3 aromatic heterocycles. The van der Waals surface area contributed by atoms with Crippen LogP contribution in [0.5, 0.6) is 5.75 Å². The lowest BCUT2D eigenvalue weighted by Crippen LogP contribution is -2.25. The van der Waals surface area contributed by atoms with Crippen LogP contribution in [-0.4, -0.2) is 75.3 Å². The maximum absolute atomic E-state index is 12.5. The van der Waals surface area contributed by atoms with Crippen molar-refractivity contribution in [3.05, 3.63) is 54.9 Å². The Morgan fingerprint density at radius 1 is 1.05 bits per heavy atom. The maximum atomic E-state index is 12.5. The van der Waals surface area contributed by atoms with Gasteiger partial charge in [0.15, 0.2) is 5.65 Å². The van der Waals surface area contributed by atoms with Crippen molar-refractivity contribution in [2.75, 3.05) is 37.3 Å². The fourth-order valence-corrected chi connectivity index (χ4v) is 5.31. The Bertz CT molecular complexity index is 1490. The molecule has 14 heteroatoms. The van der Waals surface area contributed by atoms with Crippen molar-refractivity contribution >= 4 is 27.3 Å². The van der Waals surface area contributed by atoms with Crippen molar-refractivity contribution in [3.8, 4) is 17.0 Å². The smallest absolute Gasteiger partial charge is 0.390 e. The predicted octanol–water partition coefficient (Wildman–Crippen LogP) is 3.94. The summed E-state index contributed by atoms with van der Waals surface area (Å²) in [4.78, 5) is 6.84. The molecule has 202 valence electrons. The molecule has 1 aliphatic rings. The van der Waals surface area contributed by atoms with Gasteiger partial charge in [-0.3, -0.25) is 4.90 Å². The van der Waals surface area contributed by atoms with Crippen molar-refractivity contribution in [1.82, 2.24) is 28.7 Å². The van der Waals surface area contributed by atoms with E-state index in [4.69, 9.17) is 4.74 Å². The molecule has 0 aliphatic carbocycles. The second-order valence-corrected chi connectivity index (χ2v) is 10.9. The van der Waals surface area contributed by atoms with Crippen LogP contribution in [0.1, 0.15) is 19.3 Å². The molecule has 0 atom stereocenters. The van der Waals surface area contributed by atoms with Gasteiger partial charge in [-0.25, -0.2) is 12.9 Å². The van der Waals surface area contributed by atoms with E-state index in [-0.39, 0.29) is 0 Å². The molecule has 5 rings (SSSR count). The van der Waals surface area contributed by atoms with Crippen LogP contribution in [0.15, 0.2) is 54.9 Å². The molecular formula is C24H26F3N7O3S. The number of nitrogens with zero attached hydrogens (tertiary/aromatic N) is 6. The normalized spacial score (nSPS) is 14.8. The number of aromatic nitrogens is 5. The Morgan fingerprint density at radius 3 is 2.55 bits per heavy atom. The number of fused-ring (bicyclic) bond motifs is 1. The molecule has 1 N–H and O–H groups in total. The van der Waals surface area contributed by atoms with Gasteiger partial charge in [-0.2, -0.15) is 27.3 Å². The Morgan fingerprint density at radius 2 is 1.82 bits per heavy atom. The third-order valence-electron chi connectivity index (χ3n) is 6.13. The van der Waals surface area contributed by atoms with Gasteiger partial charge in [-0.1, -0.05) is 6.07 Å². The molecule has 38 heavy (non-hydrogen) atoms. The quantitative estimate of drug-likeness (QED) is 0.317. The van der Waals surface area contributed by atoms with E-state index in [1.165, 1.54) is 23.6 Å². The molecule has 1 fully saturated rings. The van der Waals surface area contributed by atoms with E-state index in [0.29, 0.717) is 33.5 Å². The van der Waals surface area contributed by atoms with Gasteiger partial charge in [0.05, 0.1) is 30.3 Å². The third kappa shape index (κ3) is 6.25. The summed E-state index contributed by atoms with van der Waals surface area (Å²) in [6.07, 6.45) is -1.12. The number of anilines is 2. The molecule has 0 amide bonds. The van der Waals surface area contributed by atoms with Crippen LogP contribution in [0, 0.1) is 0 Å². The minimum Gasteiger partial charge on any atom is -0.492 e. The topological polar surface area (TPSA) is 107 Å². The Hall–Kier alpha value is -3.65. The molecular weight excluding hydrogens is 523 g/mol. The SMILES string of the molecule is O=S(=O)(CCC(F)(F)F)n1cc(-c2cccc3nc(Nc4ccc(OCCN5CCCC5)cc4)nn23)cn1. The average molecular weight is 550 g/mol. The van der Waals surface area contributed by atoms with Crippen LogP contribution < -0.4 is 10.1 Å². The van der Waals surface area contributed by atoms with Crippen molar-refractivity contribution < 1.29 is 26.3 Å². The van der Waals surface area contributed by atoms with E-state index in [1.807, 2.05) is 24.3 Å². The molecule has 4 heterocycles. The summed E-state index contributed by atoms with van der Waals surface area (Å²) in [7, 11) is -4.27. The molecule has 1 aromatic carbocycles. The zero-order chi connectivity index (χ0) is 26.8. The van der Waals surface area contributed by atoms with Crippen LogP contribution >= 0.6 is 0 Å². The fourth-order valence-electron chi connectivity index (χ4n) is 4.17. The van der Waals surface area contributed by atoms with Crippen molar-refractivity contribution in [2.45, 2.75) is 25.4 Å². The summed E-state index contributed by atoms with van der Waals surface area (Å²) in [5, 5.41) is 11.4. The number of hydrogen-bond acceptors (Lipinski definition) is 8. The molecule has 0 spiro atoms. The Balaban J connectivity index is 1.27. The first kappa shape index (κ1) is 26.0. The van der Waals surface area contributed by atoms with Gasteiger partial charge >= 0.3 is 6.18 Å². The molecule has 1 saturated heterocycles. The number of nitrogens with one attached hydrogen (secondary N) is 1. The number of benzene rings is 1. The first-order valence-corrected chi connectivity index (χ1v) is 13.7. The Labute approximate surface area is 217 Å². The van der Waals surface area contributed by atoms with Crippen LogP contribution in [0.25, 0.3) is 16.9 Å². The highest BCUT2D eigenvalue weighted by Gasteiger charge is 2.31. The monoisotopic (exact) mass is 549 g/mol. The average Bonchev–Trinajstić information content (AvgIpc) is 3.64. The van der Waals surface area contributed by atoms with E-state index < -0.39 is 28.4 Å². The van der Waals surface area contributed by atoms with E-state index in [2.05, 4.69) is 25.4 Å². The zero-order valence-electron chi connectivity index (χ0n) is 20.3. The molecule has 4 aromatic rings. The summed E-state index contributed by atoms with van der Waals surface area (Å²) in [6.45, 7) is 3.79. The van der Waals surface area contributed by atoms with Gasteiger partial charge in [-0.15, -0.1) is 5.10 Å².